The van der Waals surface area contributed by atoms with Crippen LogP contribution in [0.2, 0.25) is 0 Å². The van der Waals surface area contributed by atoms with Crippen LogP contribution in [0.3, 0.4) is 0 Å². The van der Waals surface area contributed by atoms with Gasteiger partial charge in [-0.15, -0.1) is 0 Å². The Hall–Kier alpha value is -2.70. The summed E-state index contributed by atoms with van der Waals surface area (Å²) < 4.78 is 1.27. The standard InChI is InChI=1S/C16H17N3O4/c20-14(18-11-6-5-10(7-11)16(22)23)8-19-9-17-13-4-2-1-3-12(13)15(19)21/h1-4,9-11H,5-8H2,(H,18,20)(H,22,23)/t10-,11+/m1/s1. The normalized spacial score (nSPS) is 20.5. The number of aliphatic carboxylic acids is 1. The topological polar surface area (TPSA) is 101 Å². The SMILES string of the molecule is O=C(Cn1cnc2ccccc2c1=O)N[C@H]1CC[C@@H](C(=O)O)C1. The molecule has 2 atom stereocenters. The molecule has 1 aliphatic rings. The Labute approximate surface area is 132 Å². The van der Waals surface area contributed by atoms with Gasteiger partial charge < -0.3 is 10.4 Å². The van der Waals surface area contributed by atoms with Gasteiger partial charge in [-0.1, -0.05) is 12.1 Å². The number of aromatic nitrogens is 2. The molecule has 1 aliphatic carbocycles. The molecule has 1 fully saturated rings. The zero-order chi connectivity index (χ0) is 16.4. The van der Waals surface area contributed by atoms with Crippen LogP contribution in [0.25, 0.3) is 10.9 Å². The highest BCUT2D eigenvalue weighted by Crippen LogP contribution is 2.25. The lowest BCUT2D eigenvalue weighted by atomic mass is 10.1. The van der Waals surface area contributed by atoms with Crippen molar-refractivity contribution in [3.05, 3.63) is 40.9 Å². The molecule has 0 spiro atoms. The van der Waals surface area contributed by atoms with Gasteiger partial charge in [0.15, 0.2) is 0 Å². The minimum Gasteiger partial charge on any atom is -0.481 e. The van der Waals surface area contributed by atoms with Gasteiger partial charge in [0.25, 0.3) is 5.56 Å². The van der Waals surface area contributed by atoms with Gasteiger partial charge in [0.2, 0.25) is 5.91 Å². The van der Waals surface area contributed by atoms with Crippen LogP contribution in [0, 0.1) is 5.92 Å². The second kappa shape index (κ2) is 6.20. The fraction of sp³-hybridized carbons (Fsp3) is 0.375. The van der Waals surface area contributed by atoms with Crippen LogP contribution in [-0.2, 0) is 16.1 Å². The number of fused-ring (bicyclic) bond motifs is 1. The van der Waals surface area contributed by atoms with Crippen molar-refractivity contribution in [1.29, 1.82) is 0 Å². The summed E-state index contributed by atoms with van der Waals surface area (Å²) in [5.74, 6) is -1.53. The molecule has 2 aromatic rings. The molecule has 0 bridgehead atoms. The maximum Gasteiger partial charge on any atom is 0.306 e. The molecule has 120 valence electrons. The number of carboxylic acids is 1. The van der Waals surface area contributed by atoms with E-state index in [0.717, 1.165) is 0 Å². The van der Waals surface area contributed by atoms with Gasteiger partial charge in [-0.2, -0.15) is 0 Å². The van der Waals surface area contributed by atoms with Gasteiger partial charge in [-0.25, -0.2) is 4.98 Å². The smallest absolute Gasteiger partial charge is 0.306 e. The lowest BCUT2D eigenvalue weighted by Crippen LogP contribution is -2.38. The molecule has 3 rings (SSSR count). The van der Waals surface area contributed by atoms with E-state index >= 15 is 0 Å². The summed E-state index contributed by atoms with van der Waals surface area (Å²) >= 11 is 0. The molecule has 1 heterocycles. The average Bonchev–Trinajstić information content (AvgIpc) is 2.99. The van der Waals surface area contributed by atoms with E-state index in [9.17, 15) is 14.4 Å². The van der Waals surface area contributed by atoms with Gasteiger partial charge in [0.1, 0.15) is 6.54 Å². The molecule has 1 aromatic heterocycles. The fourth-order valence-corrected chi connectivity index (χ4v) is 2.98. The Bertz CT molecular complexity index is 814. The molecule has 1 aromatic carbocycles. The number of para-hydroxylation sites is 1. The van der Waals surface area contributed by atoms with Gasteiger partial charge in [0, 0.05) is 6.04 Å². The summed E-state index contributed by atoms with van der Waals surface area (Å²) in [5.41, 5.74) is 0.329. The Kier molecular flexibility index (Phi) is 4.10. The molecule has 0 aliphatic heterocycles. The second-order valence-corrected chi connectivity index (χ2v) is 5.81. The predicted octanol–water partition coefficient (Wildman–Crippen LogP) is 0.766. The zero-order valence-corrected chi connectivity index (χ0v) is 12.4. The summed E-state index contributed by atoms with van der Waals surface area (Å²) in [6, 6.07) is 6.82. The van der Waals surface area contributed by atoms with Crippen molar-refractivity contribution < 1.29 is 14.7 Å². The summed E-state index contributed by atoms with van der Waals surface area (Å²) in [6.07, 6.45) is 3.01. The number of amides is 1. The van der Waals surface area contributed by atoms with E-state index in [1.165, 1.54) is 10.9 Å². The number of rotatable bonds is 4. The number of nitrogens with one attached hydrogen (secondary N) is 1. The third kappa shape index (κ3) is 3.23. The first kappa shape index (κ1) is 15.2. The van der Waals surface area contributed by atoms with Gasteiger partial charge in [-0.3, -0.25) is 19.0 Å². The highest BCUT2D eigenvalue weighted by Gasteiger charge is 2.30. The number of hydrogen-bond acceptors (Lipinski definition) is 4. The summed E-state index contributed by atoms with van der Waals surface area (Å²) in [7, 11) is 0. The van der Waals surface area contributed by atoms with Crippen LogP contribution in [-0.4, -0.2) is 32.6 Å². The maximum atomic E-state index is 12.3. The molecular formula is C16H17N3O4. The molecule has 0 unspecified atom stereocenters. The highest BCUT2D eigenvalue weighted by molar-refractivity contribution is 5.79. The Morgan fingerprint density at radius 2 is 2.09 bits per heavy atom. The van der Waals surface area contributed by atoms with Crippen LogP contribution in [0.5, 0.6) is 0 Å². The molecule has 2 N–H and O–H groups in total. The Morgan fingerprint density at radius 1 is 1.30 bits per heavy atom. The Balaban J connectivity index is 1.68. The lowest BCUT2D eigenvalue weighted by Gasteiger charge is -2.13. The maximum absolute atomic E-state index is 12.3. The number of nitrogens with zero attached hydrogens (tertiary/aromatic N) is 2. The molecule has 7 nitrogen and oxygen atoms in total. The lowest BCUT2D eigenvalue weighted by molar-refractivity contribution is -0.141. The Morgan fingerprint density at radius 3 is 2.83 bits per heavy atom. The number of carboxylic acid groups (broad SMARTS) is 1. The first-order valence-electron chi connectivity index (χ1n) is 7.51. The van der Waals surface area contributed by atoms with E-state index in [0.29, 0.717) is 30.2 Å². The van der Waals surface area contributed by atoms with Crippen LogP contribution < -0.4 is 10.9 Å². The van der Waals surface area contributed by atoms with E-state index in [-0.39, 0.29) is 24.1 Å². The third-order valence-electron chi connectivity index (χ3n) is 4.19. The van der Waals surface area contributed by atoms with Gasteiger partial charge >= 0.3 is 5.97 Å². The first-order chi connectivity index (χ1) is 11.0. The van der Waals surface area contributed by atoms with E-state index in [1.807, 2.05) is 0 Å². The van der Waals surface area contributed by atoms with Crippen molar-refractivity contribution in [2.45, 2.75) is 31.8 Å². The molecule has 23 heavy (non-hydrogen) atoms. The first-order valence-corrected chi connectivity index (χ1v) is 7.51. The number of carbonyl (C=O) groups excluding carboxylic acids is 1. The van der Waals surface area contributed by atoms with Crippen LogP contribution in [0.4, 0.5) is 0 Å². The van der Waals surface area contributed by atoms with Gasteiger partial charge in [0.05, 0.1) is 23.1 Å². The summed E-state index contributed by atoms with van der Waals surface area (Å²) in [4.78, 5) is 39.5. The second-order valence-electron chi connectivity index (χ2n) is 5.81. The summed E-state index contributed by atoms with van der Waals surface area (Å²) in [5, 5.41) is 12.2. The van der Waals surface area contributed by atoms with E-state index < -0.39 is 11.9 Å². The van der Waals surface area contributed by atoms with Crippen molar-refractivity contribution in [3.8, 4) is 0 Å². The third-order valence-corrected chi connectivity index (χ3v) is 4.19. The number of benzene rings is 1. The van der Waals surface area contributed by atoms with Crippen molar-refractivity contribution in [2.75, 3.05) is 0 Å². The minimum atomic E-state index is -0.823. The van der Waals surface area contributed by atoms with Crippen LogP contribution in [0.15, 0.2) is 35.4 Å². The molecule has 7 heteroatoms. The van der Waals surface area contributed by atoms with E-state index in [1.54, 1.807) is 24.3 Å². The number of hydrogen-bond donors (Lipinski definition) is 2. The van der Waals surface area contributed by atoms with Crippen LogP contribution >= 0.6 is 0 Å². The minimum absolute atomic E-state index is 0.120. The van der Waals surface area contributed by atoms with Crippen LogP contribution in [0.1, 0.15) is 19.3 Å². The monoisotopic (exact) mass is 315 g/mol. The average molecular weight is 315 g/mol. The van der Waals surface area contributed by atoms with Gasteiger partial charge in [-0.05, 0) is 31.4 Å². The molecule has 1 amide bonds. The fourth-order valence-electron chi connectivity index (χ4n) is 2.98. The molecule has 0 saturated heterocycles. The quantitative estimate of drug-likeness (QED) is 0.867. The van der Waals surface area contributed by atoms with E-state index in [4.69, 9.17) is 5.11 Å². The van der Waals surface area contributed by atoms with Crippen molar-refractivity contribution in [3.63, 3.8) is 0 Å². The van der Waals surface area contributed by atoms with Crippen molar-refractivity contribution in [2.24, 2.45) is 5.92 Å². The number of carbonyl (C=O) groups is 2. The predicted molar refractivity (Wildman–Crippen MR) is 82.9 cm³/mol. The highest BCUT2D eigenvalue weighted by atomic mass is 16.4. The summed E-state index contributed by atoms with van der Waals surface area (Å²) in [6.45, 7) is -0.120. The van der Waals surface area contributed by atoms with Crippen molar-refractivity contribution in [1.82, 2.24) is 14.9 Å². The zero-order valence-electron chi connectivity index (χ0n) is 12.4. The molecule has 0 radical (unpaired) electrons. The molecule has 1 saturated carbocycles. The van der Waals surface area contributed by atoms with E-state index in [2.05, 4.69) is 10.3 Å². The largest absolute Gasteiger partial charge is 0.481 e. The molecular weight excluding hydrogens is 298 g/mol. The van der Waals surface area contributed by atoms with Crippen molar-refractivity contribution >= 4 is 22.8 Å².